The Morgan fingerprint density at radius 2 is 2.10 bits per heavy atom. The molecule has 0 fully saturated rings. The lowest BCUT2D eigenvalue weighted by Crippen LogP contribution is -2.39. The summed E-state index contributed by atoms with van der Waals surface area (Å²) in [6.45, 7) is 5.12. The topological polar surface area (TPSA) is 68.9 Å². The minimum atomic E-state index is -0.983. The first kappa shape index (κ1) is 13.9. The second-order valence-corrected chi connectivity index (χ2v) is 5.95. The number of ether oxygens (including phenoxy) is 2. The molecular formula is C16H18O5. The zero-order valence-electron chi connectivity index (χ0n) is 12.5. The Hall–Kier alpha value is -2.01. The molecule has 0 amide bonds. The molecule has 1 aromatic heterocycles. The maximum absolute atomic E-state index is 12.2. The lowest BCUT2D eigenvalue weighted by Gasteiger charge is -2.24. The summed E-state index contributed by atoms with van der Waals surface area (Å²) >= 11 is 0. The summed E-state index contributed by atoms with van der Waals surface area (Å²) in [5, 5.41) is 10.6. The van der Waals surface area contributed by atoms with Gasteiger partial charge < -0.3 is 19.0 Å². The zero-order valence-corrected chi connectivity index (χ0v) is 12.5. The Morgan fingerprint density at radius 1 is 1.38 bits per heavy atom. The largest absolute Gasteiger partial charge is 0.495 e. The number of methoxy groups -OCH3 is 1. The molecule has 1 aromatic carbocycles. The summed E-state index contributed by atoms with van der Waals surface area (Å²) in [5.74, 6) is 1.61. The maximum Gasteiger partial charge on any atom is 0.196 e. The minimum absolute atomic E-state index is 0.139. The Labute approximate surface area is 122 Å². The molecule has 112 valence electrons. The third-order valence-corrected chi connectivity index (χ3v) is 3.81. The molecule has 5 heteroatoms. The predicted molar refractivity (Wildman–Crippen MR) is 78.2 cm³/mol. The minimum Gasteiger partial charge on any atom is -0.495 e. The van der Waals surface area contributed by atoms with Crippen molar-refractivity contribution in [3.63, 3.8) is 0 Å². The van der Waals surface area contributed by atoms with E-state index in [1.165, 1.54) is 13.2 Å². The first-order valence-corrected chi connectivity index (χ1v) is 6.84. The summed E-state index contributed by atoms with van der Waals surface area (Å²) in [7, 11) is 1.52. The van der Waals surface area contributed by atoms with E-state index in [0.717, 1.165) is 5.56 Å². The van der Waals surface area contributed by atoms with Crippen molar-refractivity contribution in [1.29, 1.82) is 0 Å². The van der Waals surface area contributed by atoms with Crippen molar-refractivity contribution >= 4 is 11.0 Å². The van der Waals surface area contributed by atoms with E-state index in [0.29, 0.717) is 34.6 Å². The van der Waals surface area contributed by atoms with Gasteiger partial charge in [-0.25, -0.2) is 0 Å². The molecule has 0 aliphatic carbocycles. The van der Waals surface area contributed by atoms with Crippen LogP contribution in [0.5, 0.6) is 11.5 Å². The Balaban J connectivity index is 2.26. The SMILES string of the molecule is COc1c2c(cc3oc(C)cc(=O)c13)O[C@H](C(C)(C)O)C2. The van der Waals surface area contributed by atoms with Crippen molar-refractivity contribution < 1.29 is 19.0 Å². The van der Waals surface area contributed by atoms with Crippen LogP contribution in [-0.2, 0) is 6.42 Å². The normalized spacial score (nSPS) is 17.7. The van der Waals surface area contributed by atoms with Crippen molar-refractivity contribution in [1.82, 2.24) is 0 Å². The summed E-state index contributed by atoms with van der Waals surface area (Å²) in [4.78, 5) is 12.2. The zero-order chi connectivity index (χ0) is 15.4. The van der Waals surface area contributed by atoms with Gasteiger partial charge in [-0.15, -0.1) is 0 Å². The van der Waals surface area contributed by atoms with Gasteiger partial charge in [-0.05, 0) is 20.8 Å². The van der Waals surface area contributed by atoms with E-state index in [2.05, 4.69) is 0 Å². The Morgan fingerprint density at radius 3 is 2.71 bits per heavy atom. The highest BCUT2D eigenvalue weighted by atomic mass is 16.5. The number of fused-ring (bicyclic) bond motifs is 2. The van der Waals surface area contributed by atoms with Crippen molar-refractivity contribution in [2.75, 3.05) is 7.11 Å². The average Bonchev–Trinajstić information content (AvgIpc) is 2.79. The molecule has 1 aliphatic rings. The number of aryl methyl sites for hydroxylation is 1. The molecule has 0 bridgehead atoms. The van der Waals surface area contributed by atoms with Crippen LogP contribution in [0.15, 0.2) is 21.3 Å². The third-order valence-electron chi connectivity index (χ3n) is 3.81. The van der Waals surface area contributed by atoms with Crippen LogP contribution in [0.25, 0.3) is 11.0 Å². The molecule has 0 spiro atoms. The van der Waals surface area contributed by atoms with Gasteiger partial charge in [0.2, 0.25) is 0 Å². The van der Waals surface area contributed by atoms with Crippen LogP contribution in [0.2, 0.25) is 0 Å². The molecule has 1 aliphatic heterocycles. The van der Waals surface area contributed by atoms with Crippen LogP contribution >= 0.6 is 0 Å². The van der Waals surface area contributed by atoms with Gasteiger partial charge in [0.1, 0.15) is 34.3 Å². The molecular weight excluding hydrogens is 272 g/mol. The van der Waals surface area contributed by atoms with Crippen molar-refractivity contribution in [3.05, 3.63) is 33.7 Å². The Kier molecular flexibility index (Phi) is 2.99. The molecule has 21 heavy (non-hydrogen) atoms. The van der Waals surface area contributed by atoms with Gasteiger partial charge in [0.15, 0.2) is 5.43 Å². The van der Waals surface area contributed by atoms with Gasteiger partial charge >= 0.3 is 0 Å². The quantitative estimate of drug-likeness (QED) is 0.918. The van der Waals surface area contributed by atoms with Gasteiger partial charge in [-0.2, -0.15) is 0 Å². The predicted octanol–water partition coefficient (Wildman–Crippen LogP) is 2.18. The van der Waals surface area contributed by atoms with Gasteiger partial charge in [-0.3, -0.25) is 4.79 Å². The number of rotatable bonds is 2. The third kappa shape index (κ3) is 2.17. The van der Waals surface area contributed by atoms with E-state index in [9.17, 15) is 9.90 Å². The average molecular weight is 290 g/mol. The van der Waals surface area contributed by atoms with Gasteiger partial charge in [0, 0.05) is 24.1 Å². The molecule has 2 heterocycles. The Bertz CT molecular complexity index is 767. The molecule has 0 saturated heterocycles. The van der Waals surface area contributed by atoms with Crippen molar-refractivity contribution in [2.24, 2.45) is 0 Å². The van der Waals surface area contributed by atoms with E-state index in [-0.39, 0.29) is 11.5 Å². The number of benzene rings is 1. The molecule has 3 rings (SSSR count). The maximum atomic E-state index is 12.2. The van der Waals surface area contributed by atoms with E-state index >= 15 is 0 Å². The van der Waals surface area contributed by atoms with Gasteiger partial charge in [-0.1, -0.05) is 0 Å². The highest BCUT2D eigenvalue weighted by Crippen LogP contribution is 2.42. The summed E-state index contributed by atoms with van der Waals surface area (Å²) in [6, 6.07) is 3.15. The molecule has 2 aromatic rings. The van der Waals surface area contributed by atoms with E-state index in [1.807, 2.05) is 0 Å². The number of hydrogen-bond donors (Lipinski definition) is 1. The lowest BCUT2D eigenvalue weighted by molar-refractivity contribution is -0.0229. The van der Waals surface area contributed by atoms with E-state index in [1.54, 1.807) is 26.8 Å². The molecule has 0 radical (unpaired) electrons. The summed E-state index contributed by atoms with van der Waals surface area (Å²) < 4.78 is 16.8. The van der Waals surface area contributed by atoms with Crippen LogP contribution in [-0.4, -0.2) is 23.9 Å². The lowest BCUT2D eigenvalue weighted by atomic mass is 9.96. The molecule has 5 nitrogen and oxygen atoms in total. The van der Waals surface area contributed by atoms with Gasteiger partial charge in [0.25, 0.3) is 0 Å². The number of aliphatic hydroxyl groups is 1. The fourth-order valence-corrected chi connectivity index (χ4v) is 2.72. The molecule has 0 unspecified atom stereocenters. The van der Waals surface area contributed by atoms with Crippen molar-refractivity contribution in [3.8, 4) is 11.5 Å². The van der Waals surface area contributed by atoms with Crippen LogP contribution in [0.4, 0.5) is 0 Å². The standard InChI is InChI=1S/C16H18O5/c1-8-5-10(17)14-12(20-8)7-11-9(15(14)19-4)6-13(21-11)16(2,3)18/h5,7,13,18H,6H2,1-4H3/t13-/m0/s1. The number of hydrogen-bond acceptors (Lipinski definition) is 5. The van der Waals surface area contributed by atoms with Crippen LogP contribution in [0.1, 0.15) is 25.2 Å². The summed E-state index contributed by atoms with van der Waals surface area (Å²) in [6.07, 6.45) is 0.111. The van der Waals surface area contributed by atoms with E-state index in [4.69, 9.17) is 13.9 Å². The highest BCUT2D eigenvalue weighted by molar-refractivity contribution is 5.87. The first-order valence-electron chi connectivity index (χ1n) is 6.84. The monoisotopic (exact) mass is 290 g/mol. The highest BCUT2D eigenvalue weighted by Gasteiger charge is 2.37. The van der Waals surface area contributed by atoms with Crippen LogP contribution < -0.4 is 14.9 Å². The van der Waals surface area contributed by atoms with E-state index < -0.39 is 5.60 Å². The molecule has 0 saturated carbocycles. The molecule has 1 atom stereocenters. The summed E-state index contributed by atoms with van der Waals surface area (Å²) in [5.41, 5.74) is 0.115. The fourth-order valence-electron chi connectivity index (χ4n) is 2.72. The van der Waals surface area contributed by atoms with Crippen LogP contribution in [0.3, 0.4) is 0 Å². The smallest absolute Gasteiger partial charge is 0.196 e. The fraction of sp³-hybridized carbons (Fsp3) is 0.438. The van der Waals surface area contributed by atoms with Gasteiger partial charge in [0.05, 0.1) is 12.7 Å². The second kappa shape index (κ2) is 4.49. The second-order valence-electron chi connectivity index (χ2n) is 5.95. The first-order chi connectivity index (χ1) is 9.81. The van der Waals surface area contributed by atoms with Crippen LogP contribution in [0, 0.1) is 6.92 Å². The molecule has 1 N–H and O–H groups in total. The van der Waals surface area contributed by atoms with Crippen molar-refractivity contribution in [2.45, 2.75) is 38.9 Å².